The lowest BCUT2D eigenvalue weighted by Gasteiger charge is -2.35. The number of halogens is 3. The lowest BCUT2D eigenvalue weighted by Crippen LogP contribution is -2.47. The molecule has 1 atom stereocenters. The van der Waals surface area contributed by atoms with Crippen molar-refractivity contribution < 1.29 is 22.8 Å². The Bertz CT molecular complexity index is 1340. The van der Waals surface area contributed by atoms with E-state index in [1.54, 1.807) is 25.1 Å². The molecule has 0 aliphatic carbocycles. The number of nitriles is 1. The zero-order valence-corrected chi connectivity index (χ0v) is 19.2. The lowest BCUT2D eigenvalue weighted by molar-refractivity contribution is -0.180. The van der Waals surface area contributed by atoms with Crippen molar-refractivity contribution in [3.63, 3.8) is 0 Å². The molecule has 2 heterocycles. The number of nitrogens with zero attached hydrogens (tertiary/aromatic N) is 4. The number of amides is 2. The van der Waals surface area contributed by atoms with E-state index >= 15 is 0 Å². The van der Waals surface area contributed by atoms with E-state index in [9.17, 15) is 22.8 Å². The molecular weight excluding hydrogens is 459 g/mol. The molecule has 0 radical (unpaired) electrons. The van der Waals surface area contributed by atoms with Crippen molar-refractivity contribution >= 4 is 23.2 Å². The molecule has 0 bridgehead atoms. The molecule has 3 aromatic rings. The Labute approximate surface area is 199 Å². The summed E-state index contributed by atoms with van der Waals surface area (Å²) in [6, 6.07) is 13.7. The van der Waals surface area contributed by atoms with E-state index in [4.69, 9.17) is 5.26 Å². The quantitative estimate of drug-likeness (QED) is 0.574. The van der Waals surface area contributed by atoms with Crippen LogP contribution in [0.5, 0.6) is 0 Å². The zero-order chi connectivity index (χ0) is 25.5. The Morgan fingerprint density at radius 3 is 2.49 bits per heavy atom. The van der Waals surface area contributed by atoms with Crippen molar-refractivity contribution in [3.8, 4) is 6.07 Å². The SMILES string of the molecule is C[C@H]1Cn2ncc(C(=O)Nc3cccc(C#N)c3)c2C(=O)N1c1ccc(C(C)(C)C(F)(F)F)cc1. The van der Waals surface area contributed by atoms with Gasteiger partial charge in [-0.15, -0.1) is 0 Å². The number of aromatic nitrogens is 2. The van der Waals surface area contributed by atoms with Gasteiger partial charge in [-0.2, -0.15) is 23.5 Å². The summed E-state index contributed by atoms with van der Waals surface area (Å²) in [6.45, 7) is 4.30. The molecule has 4 rings (SSSR count). The molecule has 10 heteroatoms. The molecular formula is C25H22F3N5O2. The fourth-order valence-corrected chi connectivity index (χ4v) is 4.00. The van der Waals surface area contributed by atoms with E-state index in [0.29, 0.717) is 23.5 Å². The van der Waals surface area contributed by atoms with Crippen LogP contribution in [-0.4, -0.2) is 33.8 Å². The largest absolute Gasteiger partial charge is 0.397 e. The Balaban J connectivity index is 1.63. The van der Waals surface area contributed by atoms with Gasteiger partial charge in [-0.3, -0.25) is 14.3 Å². The van der Waals surface area contributed by atoms with Gasteiger partial charge in [-0.05, 0) is 56.7 Å². The molecule has 1 aliphatic heterocycles. The average Bonchev–Trinajstić information content (AvgIpc) is 3.23. The third kappa shape index (κ3) is 4.25. The minimum atomic E-state index is -4.43. The van der Waals surface area contributed by atoms with Crippen molar-refractivity contribution in [2.24, 2.45) is 0 Å². The molecule has 0 saturated carbocycles. The first-order valence-corrected chi connectivity index (χ1v) is 10.8. The van der Waals surface area contributed by atoms with Gasteiger partial charge in [0.2, 0.25) is 0 Å². The number of benzene rings is 2. The smallest absolute Gasteiger partial charge is 0.322 e. The van der Waals surface area contributed by atoms with E-state index in [0.717, 1.165) is 13.8 Å². The first-order valence-electron chi connectivity index (χ1n) is 10.8. The number of rotatable bonds is 4. The highest BCUT2D eigenvalue weighted by Crippen LogP contribution is 2.41. The molecule has 0 saturated heterocycles. The van der Waals surface area contributed by atoms with Crippen molar-refractivity contribution in [2.75, 3.05) is 10.2 Å². The first-order chi connectivity index (χ1) is 16.4. The van der Waals surface area contributed by atoms with Gasteiger partial charge in [0.05, 0.1) is 41.4 Å². The highest BCUT2D eigenvalue weighted by molar-refractivity contribution is 6.15. The van der Waals surface area contributed by atoms with Crippen LogP contribution in [0.25, 0.3) is 0 Å². The molecule has 7 nitrogen and oxygen atoms in total. The lowest BCUT2D eigenvalue weighted by atomic mass is 9.84. The summed E-state index contributed by atoms with van der Waals surface area (Å²) in [5.74, 6) is -1.05. The second-order valence-corrected chi connectivity index (χ2v) is 8.93. The maximum absolute atomic E-state index is 13.5. The number of carbonyl (C=O) groups is 2. The minimum Gasteiger partial charge on any atom is -0.322 e. The maximum atomic E-state index is 13.5. The van der Waals surface area contributed by atoms with Crippen LogP contribution >= 0.6 is 0 Å². The molecule has 1 aliphatic rings. The number of nitrogens with one attached hydrogen (secondary N) is 1. The van der Waals surface area contributed by atoms with Crippen molar-refractivity contribution in [2.45, 2.75) is 44.9 Å². The zero-order valence-electron chi connectivity index (χ0n) is 19.2. The third-order valence-electron chi connectivity index (χ3n) is 6.21. The predicted molar refractivity (Wildman–Crippen MR) is 123 cm³/mol. The molecule has 0 unspecified atom stereocenters. The van der Waals surface area contributed by atoms with Crippen LogP contribution in [0, 0.1) is 11.3 Å². The van der Waals surface area contributed by atoms with Gasteiger partial charge in [0, 0.05) is 11.4 Å². The van der Waals surface area contributed by atoms with Crippen LogP contribution < -0.4 is 10.2 Å². The van der Waals surface area contributed by atoms with Crippen LogP contribution in [0.15, 0.2) is 54.7 Å². The number of carbonyl (C=O) groups excluding carboxylic acids is 2. The molecule has 0 fully saturated rings. The fraction of sp³-hybridized carbons (Fsp3) is 0.280. The van der Waals surface area contributed by atoms with Gasteiger partial charge in [0.25, 0.3) is 11.8 Å². The summed E-state index contributed by atoms with van der Waals surface area (Å²) in [4.78, 5) is 27.9. The predicted octanol–water partition coefficient (Wildman–Crippen LogP) is 4.90. The number of hydrogen-bond acceptors (Lipinski definition) is 4. The highest BCUT2D eigenvalue weighted by Gasteiger charge is 2.48. The van der Waals surface area contributed by atoms with Crippen molar-refractivity contribution in [1.29, 1.82) is 5.26 Å². The number of fused-ring (bicyclic) bond motifs is 1. The van der Waals surface area contributed by atoms with Gasteiger partial charge < -0.3 is 10.2 Å². The average molecular weight is 481 g/mol. The summed E-state index contributed by atoms with van der Waals surface area (Å²) in [5.41, 5.74) is -0.643. The normalized spacial score (nSPS) is 16.0. The monoisotopic (exact) mass is 481 g/mol. The van der Waals surface area contributed by atoms with Crippen LogP contribution in [-0.2, 0) is 12.0 Å². The maximum Gasteiger partial charge on any atom is 0.397 e. The Hall–Kier alpha value is -4.13. The van der Waals surface area contributed by atoms with Crippen LogP contribution in [0.1, 0.15) is 52.7 Å². The van der Waals surface area contributed by atoms with Gasteiger partial charge in [-0.1, -0.05) is 18.2 Å². The molecule has 35 heavy (non-hydrogen) atoms. The number of alkyl halides is 3. The summed E-state index contributed by atoms with van der Waals surface area (Å²) < 4.78 is 41.7. The van der Waals surface area contributed by atoms with Gasteiger partial charge in [-0.25, -0.2) is 0 Å². The molecule has 2 aromatic carbocycles. The summed E-state index contributed by atoms with van der Waals surface area (Å²) in [5, 5.41) is 15.9. The van der Waals surface area contributed by atoms with Gasteiger partial charge >= 0.3 is 6.18 Å². The highest BCUT2D eigenvalue weighted by atomic mass is 19.4. The summed E-state index contributed by atoms with van der Waals surface area (Å²) in [7, 11) is 0. The molecule has 1 N–H and O–H groups in total. The second-order valence-electron chi connectivity index (χ2n) is 8.93. The molecule has 180 valence electrons. The molecule has 2 amide bonds. The fourth-order valence-electron chi connectivity index (χ4n) is 4.00. The van der Waals surface area contributed by atoms with Crippen LogP contribution in [0.3, 0.4) is 0 Å². The number of hydrogen-bond donors (Lipinski definition) is 1. The second kappa shape index (κ2) is 8.58. The van der Waals surface area contributed by atoms with E-state index in [1.807, 2.05) is 6.07 Å². The Kier molecular flexibility index (Phi) is 5.88. The van der Waals surface area contributed by atoms with Crippen LogP contribution in [0.4, 0.5) is 24.5 Å². The Morgan fingerprint density at radius 2 is 1.86 bits per heavy atom. The molecule has 1 aromatic heterocycles. The van der Waals surface area contributed by atoms with E-state index in [1.165, 1.54) is 46.1 Å². The van der Waals surface area contributed by atoms with E-state index < -0.39 is 23.4 Å². The summed E-state index contributed by atoms with van der Waals surface area (Å²) in [6.07, 6.45) is -3.12. The minimum absolute atomic E-state index is 0.0593. The van der Waals surface area contributed by atoms with E-state index in [-0.39, 0.29) is 22.9 Å². The van der Waals surface area contributed by atoms with Crippen LogP contribution in [0.2, 0.25) is 0 Å². The van der Waals surface area contributed by atoms with Gasteiger partial charge in [0.1, 0.15) is 5.69 Å². The number of anilines is 2. The van der Waals surface area contributed by atoms with E-state index in [2.05, 4.69) is 10.4 Å². The van der Waals surface area contributed by atoms with Gasteiger partial charge in [0.15, 0.2) is 0 Å². The topological polar surface area (TPSA) is 91.0 Å². The first kappa shape index (κ1) is 24.0. The third-order valence-corrected chi connectivity index (χ3v) is 6.21. The molecule has 0 spiro atoms. The van der Waals surface area contributed by atoms with Crippen molar-refractivity contribution in [3.05, 3.63) is 77.1 Å². The summed E-state index contributed by atoms with van der Waals surface area (Å²) >= 11 is 0. The standard InChI is InChI=1S/C25H22F3N5O2/c1-15-14-32-21(20(13-30-32)22(34)31-18-6-4-5-16(11-18)12-29)23(35)33(15)19-9-7-17(8-10-19)24(2,3)25(26,27)28/h4-11,13,15H,14H2,1-3H3,(H,31,34)/t15-/m0/s1. The Morgan fingerprint density at radius 1 is 1.17 bits per heavy atom. The van der Waals surface area contributed by atoms with Crippen molar-refractivity contribution in [1.82, 2.24) is 9.78 Å².